The number of anilines is 1. The van der Waals surface area contributed by atoms with E-state index in [2.05, 4.69) is 15.1 Å². The molecule has 0 aliphatic carbocycles. The van der Waals surface area contributed by atoms with E-state index in [4.69, 9.17) is 5.73 Å². The van der Waals surface area contributed by atoms with Crippen molar-refractivity contribution in [2.45, 2.75) is 0 Å². The van der Waals surface area contributed by atoms with Gasteiger partial charge in [-0.15, -0.1) is 5.10 Å². The number of fused-ring (bicyclic) bond motifs is 1. The van der Waals surface area contributed by atoms with Crippen LogP contribution < -0.4 is 5.73 Å². The maximum absolute atomic E-state index is 12.9. The number of rotatable bonds is 2. The number of benzene rings is 2. The van der Waals surface area contributed by atoms with Gasteiger partial charge in [-0.25, -0.2) is 0 Å². The number of nitrogens with zero attached hydrogens (tertiary/aromatic N) is 4. The van der Waals surface area contributed by atoms with E-state index in [0.717, 1.165) is 15.5 Å². The molecule has 2 heterocycles. The number of nitrogen functional groups attached to an aromatic ring is 1. The number of hydrogen-bond acceptors (Lipinski definition) is 5. The minimum absolute atomic E-state index is 0.0357. The van der Waals surface area contributed by atoms with Gasteiger partial charge in [-0.05, 0) is 29.0 Å². The summed E-state index contributed by atoms with van der Waals surface area (Å²) >= 11 is 0. The van der Waals surface area contributed by atoms with Gasteiger partial charge in [0.25, 0.3) is 5.91 Å². The van der Waals surface area contributed by atoms with Crippen LogP contribution in [-0.4, -0.2) is 25.7 Å². The third-order valence-electron chi connectivity index (χ3n) is 3.74. The predicted molar refractivity (Wildman–Crippen MR) is 91.3 cm³/mol. The van der Waals surface area contributed by atoms with Gasteiger partial charge in [0.1, 0.15) is 5.69 Å². The summed E-state index contributed by atoms with van der Waals surface area (Å²) in [4.78, 5) is 21.2. The van der Waals surface area contributed by atoms with E-state index in [-0.39, 0.29) is 11.9 Å². The standard InChI is InChI=1S/C18H13N5O/c19-18-21-16(15-10-3-4-11-20-15)22-23(18)17(24)14-9-5-7-12-6-1-2-8-13(12)14/h1-11H,(H2,19,21,22). The number of pyridine rings is 1. The Morgan fingerprint density at radius 3 is 2.58 bits per heavy atom. The molecule has 0 unspecified atom stereocenters. The SMILES string of the molecule is Nc1nc(-c2ccccn2)nn1C(=O)c1cccc2ccccc12. The van der Waals surface area contributed by atoms with E-state index in [0.29, 0.717) is 17.1 Å². The van der Waals surface area contributed by atoms with E-state index in [1.165, 1.54) is 0 Å². The third kappa shape index (κ3) is 2.30. The zero-order chi connectivity index (χ0) is 16.5. The van der Waals surface area contributed by atoms with Gasteiger partial charge in [0, 0.05) is 11.8 Å². The highest BCUT2D eigenvalue weighted by atomic mass is 16.2. The lowest BCUT2D eigenvalue weighted by atomic mass is 10.0. The molecular weight excluding hydrogens is 302 g/mol. The molecule has 0 atom stereocenters. The quantitative estimate of drug-likeness (QED) is 0.614. The van der Waals surface area contributed by atoms with Crippen LogP contribution in [0.3, 0.4) is 0 Å². The van der Waals surface area contributed by atoms with Crippen molar-refractivity contribution in [2.24, 2.45) is 0 Å². The molecule has 6 nitrogen and oxygen atoms in total. The molecule has 0 amide bonds. The average Bonchev–Trinajstić information content (AvgIpc) is 3.03. The van der Waals surface area contributed by atoms with Crippen LogP contribution in [0.4, 0.5) is 5.95 Å². The summed E-state index contributed by atoms with van der Waals surface area (Å²) in [5, 5.41) is 6.06. The van der Waals surface area contributed by atoms with Crippen molar-refractivity contribution < 1.29 is 4.79 Å². The Morgan fingerprint density at radius 1 is 0.958 bits per heavy atom. The minimum atomic E-state index is -0.320. The Morgan fingerprint density at radius 2 is 1.75 bits per heavy atom. The fourth-order valence-corrected chi connectivity index (χ4v) is 2.60. The van der Waals surface area contributed by atoms with Crippen LogP contribution in [0.15, 0.2) is 66.9 Å². The van der Waals surface area contributed by atoms with Gasteiger partial charge in [-0.1, -0.05) is 42.5 Å². The second-order valence-electron chi connectivity index (χ2n) is 5.25. The first kappa shape index (κ1) is 14.1. The van der Waals surface area contributed by atoms with Crippen LogP contribution in [0.25, 0.3) is 22.3 Å². The maximum atomic E-state index is 12.9. The van der Waals surface area contributed by atoms with Gasteiger partial charge in [-0.2, -0.15) is 9.67 Å². The van der Waals surface area contributed by atoms with Crippen molar-refractivity contribution in [1.29, 1.82) is 0 Å². The Balaban J connectivity index is 1.81. The van der Waals surface area contributed by atoms with Crippen LogP contribution in [0.2, 0.25) is 0 Å². The molecule has 116 valence electrons. The molecule has 4 rings (SSSR count). The Hall–Kier alpha value is -3.54. The minimum Gasteiger partial charge on any atom is -0.368 e. The summed E-state index contributed by atoms with van der Waals surface area (Å²) in [6.45, 7) is 0. The highest BCUT2D eigenvalue weighted by molar-refractivity contribution is 6.08. The number of aromatic nitrogens is 4. The molecule has 0 saturated heterocycles. The van der Waals surface area contributed by atoms with Gasteiger partial charge < -0.3 is 5.73 Å². The molecule has 24 heavy (non-hydrogen) atoms. The molecule has 0 spiro atoms. The van der Waals surface area contributed by atoms with Crippen LogP contribution in [0, 0.1) is 0 Å². The van der Waals surface area contributed by atoms with Crippen molar-refractivity contribution in [1.82, 2.24) is 19.7 Å². The van der Waals surface area contributed by atoms with Crippen LogP contribution >= 0.6 is 0 Å². The van der Waals surface area contributed by atoms with Crippen molar-refractivity contribution in [3.05, 3.63) is 72.4 Å². The fourth-order valence-electron chi connectivity index (χ4n) is 2.60. The molecule has 0 radical (unpaired) electrons. The van der Waals surface area contributed by atoms with Gasteiger partial charge in [-0.3, -0.25) is 9.78 Å². The van der Waals surface area contributed by atoms with Crippen LogP contribution in [0.5, 0.6) is 0 Å². The Bertz CT molecular complexity index is 1030. The summed E-state index contributed by atoms with van der Waals surface area (Å²) < 4.78 is 1.12. The first-order chi connectivity index (χ1) is 11.7. The van der Waals surface area contributed by atoms with Crippen LogP contribution in [0.1, 0.15) is 10.4 Å². The topological polar surface area (TPSA) is 86.7 Å². The molecule has 0 saturated carbocycles. The van der Waals surface area contributed by atoms with Gasteiger partial charge in [0.2, 0.25) is 11.8 Å². The molecule has 6 heteroatoms. The van der Waals surface area contributed by atoms with E-state index in [1.54, 1.807) is 24.4 Å². The lowest BCUT2D eigenvalue weighted by molar-refractivity contribution is 0.0949. The lowest BCUT2D eigenvalue weighted by Gasteiger charge is -2.05. The van der Waals surface area contributed by atoms with Crippen molar-refractivity contribution in [3.63, 3.8) is 0 Å². The number of carbonyl (C=O) groups excluding carboxylic acids is 1. The van der Waals surface area contributed by atoms with Gasteiger partial charge in [0.05, 0.1) is 0 Å². The molecule has 2 N–H and O–H groups in total. The molecule has 0 bridgehead atoms. The highest BCUT2D eigenvalue weighted by Crippen LogP contribution is 2.21. The normalized spacial score (nSPS) is 10.8. The molecule has 2 aromatic carbocycles. The van der Waals surface area contributed by atoms with E-state index in [9.17, 15) is 4.79 Å². The Labute approximate surface area is 137 Å². The van der Waals surface area contributed by atoms with Crippen molar-refractivity contribution in [2.75, 3.05) is 5.73 Å². The second kappa shape index (κ2) is 5.58. The number of carbonyl (C=O) groups is 1. The second-order valence-corrected chi connectivity index (χ2v) is 5.25. The molecule has 2 aromatic heterocycles. The van der Waals surface area contributed by atoms with Crippen molar-refractivity contribution >= 4 is 22.6 Å². The smallest absolute Gasteiger partial charge is 0.282 e. The Kier molecular flexibility index (Phi) is 3.28. The molecule has 0 aliphatic rings. The third-order valence-corrected chi connectivity index (χ3v) is 3.74. The van der Waals surface area contributed by atoms with Crippen LogP contribution in [-0.2, 0) is 0 Å². The number of hydrogen-bond donors (Lipinski definition) is 1. The largest absolute Gasteiger partial charge is 0.368 e. The first-order valence-corrected chi connectivity index (χ1v) is 7.40. The monoisotopic (exact) mass is 315 g/mol. The summed E-state index contributed by atoms with van der Waals surface area (Å²) in [5.41, 5.74) is 6.99. The van der Waals surface area contributed by atoms with Gasteiger partial charge >= 0.3 is 0 Å². The first-order valence-electron chi connectivity index (χ1n) is 7.40. The molecule has 0 aliphatic heterocycles. The molecular formula is C18H13N5O. The zero-order valence-electron chi connectivity index (χ0n) is 12.6. The lowest BCUT2D eigenvalue weighted by Crippen LogP contribution is -2.16. The van der Waals surface area contributed by atoms with Gasteiger partial charge in [0.15, 0.2) is 0 Å². The zero-order valence-corrected chi connectivity index (χ0v) is 12.6. The van der Waals surface area contributed by atoms with E-state index in [1.807, 2.05) is 42.5 Å². The molecule has 0 fully saturated rings. The predicted octanol–water partition coefficient (Wildman–Crippen LogP) is 2.76. The summed E-state index contributed by atoms with van der Waals surface area (Å²) in [6, 6.07) is 18.6. The van der Waals surface area contributed by atoms with E-state index < -0.39 is 0 Å². The number of nitrogens with two attached hydrogens (primary N) is 1. The fraction of sp³-hybridized carbons (Fsp3) is 0. The summed E-state index contributed by atoms with van der Waals surface area (Å²) in [6.07, 6.45) is 1.64. The molecule has 4 aromatic rings. The summed E-state index contributed by atoms with van der Waals surface area (Å²) in [5.74, 6) is 0.0363. The maximum Gasteiger partial charge on any atom is 0.282 e. The van der Waals surface area contributed by atoms with E-state index >= 15 is 0 Å². The summed E-state index contributed by atoms with van der Waals surface area (Å²) in [7, 11) is 0. The highest BCUT2D eigenvalue weighted by Gasteiger charge is 2.18. The average molecular weight is 315 g/mol. The van der Waals surface area contributed by atoms with Crippen molar-refractivity contribution in [3.8, 4) is 11.5 Å².